The number of benzene rings is 2. The number of carboxylic acids is 1. The molecular formula is C15H11NO3S. The van der Waals surface area contributed by atoms with Gasteiger partial charge in [0.15, 0.2) is 0 Å². The maximum Gasteiger partial charge on any atom is 0.335 e. The van der Waals surface area contributed by atoms with E-state index in [1.807, 2.05) is 30.3 Å². The van der Waals surface area contributed by atoms with Gasteiger partial charge in [-0.25, -0.2) is 9.78 Å². The maximum absolute atomic E-state index is 10.9. The first kappa shape index (κ1) is 12.8. The van der Waals surface area contributed by atoms with E-state index in [9.17, 15) is 9.90 Å². The van der Waals surface area contributed by atoms with Gasteiger partial charge >= 0.3 is 5.97 Å². The quantitative estimate of drug-likeness (QED) is 0.776. The molecule has 4 nitrogen and oxygen atoms in total. The van der Waals surface area contributed by atoms with E-state index >= 15 is 0 Å². The molecular weight excluding hydrogens is 274 g/mol. The average Bonchev–Trinajstić information content (AvgIpc) is 2.90. The zero-order valence-corrected chi connectivity index (χ0v) is 11.2. The highest BCUT2D eigenvalue weighted by Crippen LogP contribution is 2.30. The molecule has 1 unspecified atom stereocenters. The minimum Gasteiger partial charge on any atom is -0.478 e. The normalized spacial score (nSPS) is 12.4. The summed E-state index contributed by atoms with van der Waals surface area (Å²) >= 11 is 1.31. The summed E-state index contributed by atoms with van der Waals surface area (Å²) in [6.07, 6.45) is -0.790. The van der Waals surface area contributed by atoms with E-state index in [1.165, 1.54) is 17.4 Å². The first-order chi connectivity index (χ1) is 9.65. The molecule has 2 aromatic carbocycles. The summed E-state index contributed by atoms with van der Waals surface area (Å²) in [5, 5.41) is 19.8. The smallest absolute Gasteiger partial charge is 0.335 e. The first-order valence-electron chi connectivity index (χ1n) is 6.02. The number of rotatable bonds is 3. The summed E-state index contributed by atoms with van der Waals surface area (Å²) < 4.78 is 0.759. The summed E-state index contributed by atoms with van der Waals surface area (Å²) in [5.41, 5.74) is 1.69. The number of fused-ring (bicyclic) bond motifs is 1. The summed E-state index contributed by atoms with van der Waals surface area (Å²) in [6, 6.07) is 14.0. The molecule has 0 saturated carbocycles. The number of hydrogen-bond donors (Lipinski definition) is 2. The Labute approximate surface area is 119 Å². The molecule has 5 heteroatoms. The van der Waals surface area contributed by atoms with Gasteiger partial charge in [0.05, 0.1) is 15.8 Å². The highest BCUT2D eigenvalue weighted by atomic mass is 32.1. The largest absolute Gasteiger partial charge is 0.478 e. The lowest BCUT2D eigenvalue weighted by Crippen LogP contribution is -1.97. The highest BCUT2D eigenvalue weighted by molar-refractivity contribution is 7.18. The molecule has 1 aromatic heterocycles. The highest BCUT2D eigenvalue weighted by Gasteiger charge is 2.16. The van der Waals surface area contributed by atoms with Crippen molar-refractivity contribution in [2.45, 2.75) is 6.10 Å². The molecule has 2 N–H and O–H groups in total. The molecule has 1 atom stereocenters. The van der Waals surface area contributed by atoms with E-state index < -0.39 is 12.1 Å². The number of aromatic carboxylic acids is 1. The Balaban J connectivity index is 2.03. The van der Waals surface area contributed by atoms with Gasteiger partial charge in [0.2, 0.25) is 0 Å². The van der Waals surface area contributed by atoms with E-state index in [-0.39, 0.29) is 5.56 Å². The summed E-state index contributed by atoms with van der Waals surface area (Å²) in [7, 11) is 0. The molecule has 0 fully saturated rings. The third kappa shape index (κ3) is 2.29. The van der Waals surface area contributed by atoms with E-state index in [0.717, 1.165) is 10.3 Å². The standard InChI is InChI=1S/C15H11NO3S/c17-13(9-4-2-1-3-5-9)14-16-11-7-6-10(15(18)19)8-12(11)20-14/h1-8,13,17H,(H,18,19). The van der Waals surface area contributed by atoms with Crippen molar-refractivity contribution in [2.75, 3.05) is 0 Å². The zero-order valence-electron chi connectivity index (χ0n) is 10.4. The fourth-order valence-electron chi connectivity index (χ4n) is 1.97. The van der Waals surface area contributed by atoms with E-state index in [1.54, 1.807) is 12.1 Å². The van der Waals surface area contributed by atoms with Crippen LogP contribution in [0.15, 0.2) is 48.5 Å². The SMILES string of the molecule is O=C(O)c1ccc2nc(C(O)c3ccccc3)sc2c1. The number of aliphatic hydroxyl groups excluding tert-OH is 1. The van der Waals surface area contributed by atoms with Gasteiger partial charge in [0, 0.05) is 0 Å². The van der Waals surface area contributed by atoms with Crippen molar-refractivity contribution in [1.82, 2.24) is 4.98 Å². The second-order valence-corrected chi connectivity index (χ2v) is 5.42. The van der Waals surface area contributed by atoms with Crippen molar-refractivity contribution < 1.29 is 15.0 Å². The lowest BCUT2D eigenvalue weighted by atomic mass is 10.1. The molecule has 20 heavy (non-hydrogen) atoms. The topological polar surface area (TPSA) is 70.4 Å². The number of nitrogens with zero attached hydrogens (tertiary/aromatic N) is 1. The Kier molecular flexibility index (Phi) is 3.22. The number of aliphatic hydroxyl groups is 1. The molecule has 0 spiro atoms. The molecule has 0 aliphatic carbocycles. The Bertz CT molecular complexity index is 767. The summed E-state index contributed by atoms with van der Waals surface area (Å²) in [4.78, 5) is 15.3. The van der Waals surface area contributed by atoms with Gasteiger partial charge in [0.25, 0.3) is 0 Å². The molecule has 0 amide bonds. The molecule has 3 rings (SSSR count). The van der Waals surface area contributed by atoms with Crippen molar-refractivity contribution >= 4 is 27.5 Å². The minimum atomic E-state index is -0.967. The fraction of sp³-hybridized carbons (Fsp3) is 0.0667. The fourth-order valence-corrected chi connectivity index (χ4v) is 2.99. The van der Waals surface area contributed by atoms with Crippen LogP contribution >= 0.6 is 11.3 Å². The van der Waals surface area contributed by atoms with Gasteiger partial charge in [-0.2, -0.15) is 0 Å². The summed E-state index contributed by atoms with van der Waals surface area (Å²) in [6.45, 7) is 0. The second-order valence-electron chi connectivity index (χ2n) is 4.35. The van der Waals surface area contributed by atoms with Crippen LogP contribution in [0.25, 0.3) is 10.2 Å². The van der Waals surface area contributed by atoms with Crippen LogP contribution in [0.5, 0.6) is 0 Å². The molecule has 0 radical (unpaired) electrons. The monoisotopic (exact) mass is 285 g/mol. The summed E-state index contributed by atoms with van der Waals surface area (Å²) in [5.74, 6) is -0.967. The van der Waals surface area contributed by atoms with Gasteiger partial charge in [0.1, 0.15) is 11.1 Å². The van der Waals surface area contributed by atoms with Crippen LogP contribution in [-0.4, -0.2) is 21.2 Å². The second kappa shape index (κ2) is 5.03. The van der Waals surface area contributed by atoms with Crippen molar-refractivity contribution in [3.05, 3.63) is 64.7 Å². The number of carbonyl (C=O) groups is 1. The van der Waals surface area contributed by atoms with Crippen LogP contribution in [0.2, 0.25) is 0 Å². The number of aromatic nitrogens is 1. The van der Waals surface area contributed by atoms with E-state index in [2.05, 4.69) is 4.98 Å². The van der Waals surface area contributed by atoms with Crippen LogP contribution in [0.4, 0.5) is 0 Å². The van der Waals surface area contributed by atoms with Crippen molar-refractivity contribution in [3.8, 4) is 0 Å². The third-order valence-corrected chi connectivity index (χ3v) is 4.07. The average molecular weight is 285 g/mol. The maximum atomic E-state index is 10.9. The number of thiazole rings is 1. The van der Waals surface area contributed by atoms with Crippen LogP contribution in [0.3, 0.4) is 0 Å². The van der Waals surface area contributed by atoms with Crippen LogP contribution in [-0.2, 0) is 0 Å². The van der Waals surface area contributed by atoms with Gasteiger partial charge in [-0.15, -0.1) is 11.3 Å². The van der Waals surface area contributed by atoms with Crippen LogP contribution in [0.1, 0.15) is 27.0 Å². The Morgan fingerprint density at radius 3 is 2.60 bits per heavy atom. The Hall–Kier alpha value is -2.24. The van der Waals surface area contributed by atoms with Gasteiger partial charge in [-0.1, -0.05) is 30.3 Å². The molecule has 0 saturated heterocycles. The van der Waals surface area contributed by atoms with Crippen LogP contribution < -0.4 is 0 Å². The number of hydrogen-bond acceptors (Lipinski definition) is 4. The molecule has 1 heterocycles. The Morgan fingerprint density at radius 2 is 1.90 bits per heavy atom. The van der Waals surface area contributed by atoms with Crippen molar-refractivity contribution in [1.29, 1.82) is 0 Å². The zero-order chi connectivity index (χ0) is 14.1. The van der Waals surface area contributed by atoms with E-state index in [4.69, 9.17) is 5.11 Å². The molecule has 3 aromatic rings. The van der Waals surface area contributed by atoms with Gasteiger partial charge in [-0.05, 0) is 23.8 Å². The first-order valence-corrected chi connectivity index (χ1v) is 6.83. The molecule has 100 valence electrons. The van der Waals surface area contributed by atoms with E-state index in [0.29, 0.717) is 10.5 Å². The van der Waals surface area contributed by atoms with Gasteiger partial charge < -0.3 is 10.2 Å². The Morgan fingerprint density at radius 1 is 1.15 bits per heavy atom. The van der Waals surface area contributed by atoms with Crippen molar-refractivity contribution in [3.63, 3.8) is 0 Å². The lowest BCUT2D eigenvalue weighted by molar-refractivity contribution is 0.0697. The molecule has 0 aliphatic heterocycles. The van der Waals surface area contributed by atoms with Crippen molar-refractivity contribution in [2.24, 2.45) is 0 Å². The predicted octanol–water partition coefficient (Wildman–Crippen LogP) is 3.08. The van der Waals surface area contributed by atoms with Gasteiger partial charge in [-0.3, -0.25) is 0 Å². The molecule has 0 aliphatic rings. The third-order valence-electron chi connectivity index (χ3n) is 3.00. The number of carboxylic acid groups (broad SMARTS) is 1. The lowest BCUT2D eigenvalue weighted by Gasteiger charge is -2.06. The molecule has 0 bridgehead atoms. The minimum absolute atomic E-state index is 0.224. The van der Waals surface area contributed by atoms with Crippen LogP contribution in [0, 0.1) is 0 Å². The predicted molar refractivity (Wildman–Crippen MR) is 77.1 cm³/mol.